The molecule has 0 radical (unpaired) electrons. The van der Waals surface area contributed by atoms with Crippen molar-refractivity contribution in [2.45, 2.75) is 19.4 Å². The predicted octanol–water partition coefficient (Wildman–Crippen LogP) is 3.60. The molecule has 0 unspecified atom stereocenters. The molecule has 33 heavy (non-hydrogen) atoms. The van der Waals surface area contributed by atoms with Gasteiger partial charge in [-0.25, -0.2) is 8.96 Å². The Labute approximate surface area is 189 Å². The van der Waals surface area contributed by atoms with E-state index < -0.39 is 5.91 Å². The summed E-state index contributed by atoms with van der Waals surface area (Å²) >= 11 is 0. The number of halogens is 1. The molecule has 168 valence electrons. The summed E-state index contributed by atoms with van der Waals surface area (Å²) in [5.41, 5.74) is 8.27. The van der Waals surface area contributed by atoms with Crippen LogP contribution in [0.5, 0.6) is 11.8 Å². The number of fused-ring (bicyclic) bond motifs is 2. The summed E-state index contributed by atoms with van der Waals surface area (Å²) in [7, 11) is 1.53. The van der Waals surface area contributed by atoms with Crippen molar-refractivity contribution in [2.75, 3.05) is 19.0 Å². The van der Waals surface area contributed by atoms with Gasteiger partial charge in [0, 0.05) is 23.6 Å². The minimum atomic E-state index is -0.535. The second kappa shape index (κ2) is 8.42. The number of primary amides is 1. The average molecular weight is 447 g/mol. The molecule has 4 aromatic rings. The second-order valence-electron chi connectivity index (χ2n) is 7.72. The third kappa shape index (κ3) is 3.82. The molecule has 5 rings (SSSR count). The van der Waals surface area contributed by atoms with Crippen LogP contribution in [0, 0.1) is 5.82 Å². The van der Waals surface area contributed by atoms with Gasteiger partial charge >= 0.3 is 0 Å². The van der Waals surface area contributed by atoms with Crippen LogP contribution in [0.4, 0.5) is 10.2 Å². The van der Waals surface area contributed by atoms with Crippen molar-refractivity contribution >= 4 is 22.6 Å². The van der Waals surface area contributed by atoms with Gasteiger partial charge in [-0.2, -0.15) is 9.97 Å². The second-order valence-corrected chi connectivity index (χ2v) is 7.72. The predicted molar refractivity (Wildman–Crippen MR) is 121 cm³/mol. The molecule has 3 N–H and O–H groups in total. The number of nitrogens with one attached hydrogen (secondary N) is 1. The first-order chi connectivity index (χ1) is 16.0. The van der Waals surface area contributed by atoms with Crippen LogP contribution < -0.4 is 20.5 Å². The molecule has 0 atom stereocenters. The monoisotopic (exact) mass is 447 g/mol. The number of carbonyl (C=O) groups is 1. The molecule has 2 aromatic carbocycles. The summed E-state index contributed by atoms with van der Waals surface area (Å²) in [5, 5.41) is 3.95. The van der Waals surface area contributed by atoms with Gasteiger partial charge < -0.3 is 20.5 Å². The number of ether oxygens (including phenoxy) is 2. The summed E-state index contributed by atoms with van der Waals surface area (Å²) in [5.74, 6) is 1.04. The Balaban J connectivity index is 1.63. The first-order valence-corrected chi connectivity index (χ1v) is 10.6. The molecular weight excluding hydrogens is 425 g/mol. The third-order valence-electron chi connectivity index (χ3n) is 5.60. The molecule has 1 amide bonds. The van der Waals surface area contributed by atoms with Gasteiger partial charge in [-0.15, -0.1) is 0 Å². The number of carbonyl (C=O) groups excluding carboxylic acids is 1. The van der Waals surface area contributed by atoms with Crippen LogP contribution in [0.2, 0.25) is 0 Å². The minimum Gasteiger partial charge on any atom is -0.482 e. The topological polar surface area (TPSA) is 104 Å². The smallest absolute Gasteiger partial charge is 0.249 e. The fourth-order valence-electron chi connectivity index (χ4n) is 4.07. The Bertz CT molecular complexity index is 1370. The molecule has 9 heteroatoms. The molecule has 0 bridgehead atoms. The highest BCUT2D eigenvalue weighted by molar-refractivity contribution is 6.06. The number of rotatable bonds is 6. The van der Waals surface area contributed by atoms with E-state index in [1.165, 1.54) is 19.2 Å². The molecule has 0 saturated carbocycles. The summed E-state index contributed by atoms with van der Waals surface area (Å²) in [6.07, 6.45) is 1.61. The van der Waals surface area contributed by atoms with Crippen LogP contribution in [-0.4, -0.2) is 34.2 Å². The lowest BCUT2D eigenvalue weighted by Crippen LogP contribution is -2.17. The Morgan fingerprint density at radius 2 is 2.09 bits per heavy atom. The van der Waals surface area contributed by atoms with Crippen LogP contribution in [0.15, 0.2) is 48.5 Å². The largest absolute Gasteiger partial charge is 0.482 e. The first kappa shape index (κ1) is 20.7. The Morgan fingerprint density at radius 3 is 2.88 bits per heavy atom. The zero-order valence-corrected chi connectivity index (χ0v) is 18.0. The van der Waals surface area contributed by atoms with E-state index in [9.17, 15) is 9.18 Å². The van der Waals surface area contributed by atoms with E-state index in [0.29, 0.717) is 53.1 Å². The molecule has 0 saturated heterocycles. The fourth-order valence-corrected chi connectivity index (χ4v) is 4.07. The van der Waals surface area contributed by atoms with E-state index in [4.69, 9.17) is 20.2 Å². The number of nitrogens with zero attached hydrogens (tertiary/aromatic N) is 3. The van der Waals surface area contributed by atoms with Crippen LogP contribution in [0.1, 0.15) is 27.9 Å². The van der Waals surface area contributed by atoms with E-state index in [2.05, 4.69) is 10.3 Å². The molecule has 0 spiro atoms. The summed E-state index contributed by atoms with van der Waals surface area (Å²) in [6, 6.07) is 13.4. The molecule has 3 heterocycles. The van der Waals surface area contributed by atoms with E-state index in [0.717, 1.165) is 24.0 Å². The van der Waals surface area contributed by atoms with Gasteiger partial charge in [0.1, 0.15) is 11.6 Å². The summed E-state index contributed by atoms with van der Waals surface area (Å²) < 4.78 is 26.7. The number of nitrogens with two attached hydrogens (primary N) is 1. The Kier molecular flexibility index (Phi) is 5.29. The van der Waals surface area contributed by atoms with Crippen LogP contribution in [0.25, 0.3) is 16.9 Å². The maximum Gasteiger partial charge on any atom is 0.249 e. The number of hydrogen-bond donors (Lipinski definition) is 2. The van der Waals surface area contributed by atoms with E-state index in [1.54, 1.807) is 28.8 Å². The van der Waals surface area contributed by atoms with Crippen molar-refractivity contribution in [1.82, 2.24) is 14.5 Å². The van der Waals surface area contributed by atoms with Crippen LogP contribution >= 0.6 is 0 Å². The van der Waals surface area contributed by atoms with E-state index in [1.807, 2.05) is 12.1 Å². The highest BCUT2D eigenvalue weighted by Gasteiger charge is 2.23. The van der Waals surface area contributed by atoms with Gasteiger partial charge in [0.05, 0.1) is 24.8 Å². The maximum atomic E-state index is 13.6. The lowest BCUT2D eigenvalue weighted by atomic mass is 10.1. The highest BCUT2D eigenvalue weighted by atomic mass is 19.1. The van der Waals surface area contributed by atoms with Crippen LogP contribution in [-0.2, 0) is 13.0 Å². The van der Waals surface area contributed by atoms with Crippen LogP contribution in [0.3, 0.4) is 0 Å². The Hall–Kier alpha value is -4.14. The maximum absolute atomic E-state index is 13.6. The standard InChI is InChI=1S/C24H22FN5O3/c1-32-20-12-18-16(21(26)31)7-3-9-19(18)30(20)24-28-22(17-8-4-10-33-23(17)29-24)27-13-14-5-2-6-15(25)11-14/h2-3,5-7,9,11-12H,4,8,10,13H2,1H3,(H2,26,31)(H,27,28,29). The van der Waals surface area contributed by atoms with Gasteiger partial charge in [0.25, 0.3) is 0 Å². The van der Waals surface area contributed by atoms with Crippen molar-refractivity contribution in [2.24, 2.45) is 5.73 Å². The fraction of sp³-hybridized carbons (Fsp3) is 0.208. The third-order valence-corrected chi connectivity index (χ3v) is 5.60. The van der Waals surface area contributed by atoms with Crippen molar-refractivity contribution in [1.29, 1.82) is 0 Å². The quantitative estimate of drug-likeness (QED) is 0.468. The number of anilines is 1. The lowest BCUT2D eigenvalue weighted by molar-refractivity contribution is 0.100. The number of benzene rings is 2. The molecule has 2 aromatic heterocycles. The SMILES string of the molecule is COc1cc2c(C(N)=O)cccc2n1-c1nc(NCc2cccc(F)c2)c2c(n1)OCCC2. The number of methoxy groups -OCH3 is 1. The van der Waals surface area contributed by atoms with E-state index >= 15 is 0 Å². The average Bonchev–Trinajstić information content (AvgIpc) is 3.21. The molecule has 0 aliphatic carbocycles. The normalized spacial score (nSPS) is 12.8. The minimum absolute atomic E-state index is 0.295. The lowest BCUT2D eigenvalue weighted by Gasteiger charge is -2.21. The van der Waals surface area contributed by atoms with Crippen molar-refractivity contribution in [3.8, 4) is 17.7 Å². The molecular formula is C24H22FN5O3. The zero-order valence-electron chi connectivity index (χ0n) is 18.0. The molecule has 8 nitrogen and oxygen atoms in total. The molecule has 0 fully saturated rings. The van der Waals surface area contributed by atoms with Crippen molar-refractivity contribution in [3.05, 3.63) is 71.0 Å². The zero-order chi connectivity index (χ0) is 22.9. The summed E-state index contributed by atoms with van der Waals surface area (Å²) in [6.45, 7) is 0.943. The van der Waals surface area contributed by atoms with E-state index in [-0.39, 0.29) is 5.82 Å². The van der Waals surface area contributed by atoms with Gasteiger partial charge in [-0.05, 0) is 42.7 Å². The van der Waals surface area contributed by atoms with Gasteiger partial charge in [-0.1, -0.05) is 18.2 Å². The van der Waals surface area contributed by atoms with Gasteiger partial charge in [-0.3, -0.25) is 4.79 Å². The first-order valence-electron chi connectivity index (χ1n) is 10.6. The number of amides is 1. The molecule has 1 aliphatic rings. The summed E-state index contributed by atoms with van der Waals surface area (Å²) in [4.78, 5) is 21.4. The van der Waals surface area contributed by atoms with Crippen molar-refractivity contribution in [3.63, 3.8) is 0 Å². The van der Waals surface area contributed by atoms with Crippen molar-refractivity contribution < 1.29 is 18.7 Å². The number of aromatic nitrogens is 3. The Morgan fingerprint density at radius 1 is 1.24 bits per heavy atom. The van der Waals surface area contributed by atoms with Gasteiger partial charge in [0.2, 0.25) is 23.6 Å². The number of hydrogen-bond acceptors (Lipinski definition) is 6. The highest BCUT2D eigenvalue weighted by Crippen LogP contribution is 2.34. The van der Waals surface area contributed by atoms with Gasteiger partial charge in [0.15, 0.2) is 0 Å². The molecule has 1 aliphatic heterocycles.